The van der Waals surface area contributed by atoms with Crippen LogP contribution < -0.4 is 10.6 Å². The van der Waals surface area contributed by atoms with Crippen molar-refractivity contribution < 1.29 is 9.53 Å². The van der Waals surface area contributed by atoms with Crippen molar-refractivity contribution in [2.45, 2.75) is 65.0 Å². The number of hydrogen-bond donors (Lipinski definition) is 2. The molecule has 0 radical (unpaired) electrons. The van der Waals surface area contributed by atoms with Gasteiger partial charge >= 0.3 is 5.97 Å². The summed E-state index contributed by atoms with van der Waals surface area (Å²) in [4.78, 5) is 18.9. The predicted molar refractivity (Wildman–Crippen MR) is 126 cm³/mol. The zero-order valence-corrected chi connectivity index (χ0v) is 19.5. The summed E-state index contributed by atoms with van der Waals surface area (Å²) in [6.07, 6.45) is 6.21. The first kappa shape index (κ1) is 23.6. The number of carbonyl (C=O) groups is 1. The van der Waals surface area contributed by atoms with E-state index in [1.165, 1.54) is 24.0 Å². The Hall–Kier alpha value is -2.08. The smallest absolute Gasteiger partial charge is 0.308 e. The zero-order chi connectivity index (χ0) is 22.1. The second-order valence-electron chi connectivity index (χ2n) is 9.10. The van der Waals surface area contributed by atoms with Crippen LogP contribution >= 0.6 is 0 Å². The first-order valence-electron chi connectivity index (χ1n) is 12.0. The molecule has 6 nitrogen and oxygen atoms in total. The number of benzene rings is 1. The topological polar surface area (TPSA) is 66.0 Å². The molecule has 0 atom stereocenters. The zero-order valence-electron chi connectivity index (χ0n) is 19.5. The Morgan fingerprint density at radius 1 is 1.10 bits per heavy atom. The van der Waals surface area contributed by atoms with E-state index in [1.54, 1.807) is 0 Å². The average Bonchev–Trinajstić information content (AvgIpc) is 2.79. The lowest BCUT2D eigenvalue weighted by atomic mass is 9.86. The highest BCUT2D eigenvalue weighted by Crippen LogP contribution is 2.25. The molecular weight excluding hydrogens is 388 g/mol. The van der Waals surface area contributed by atoms with Crippen molar-refractivity contribution in [2.24, 2.45) is 16.8 Å². The molecule has 0 amide bonds. The van der Waals surface area contributed by atoms with E-state index in [0.29, 0.717) is 18.6 Å². The third-order valence-electron chi connectivity index (χ3n) is 6.70. The number of guanidine groups is 1. The van der Waals surface area contributed by atoms with Crippen molar-refractivity contribution in [1.82, 2.24) is 15.5 Å². The maximum absolute atomic E-state index is 11.9. The molecule has 6 heteroatoms. The Kier molecular flexibility index (Phi) is 9.19. The number of carbonyl (C=O) groups excluding carboxylic acids is 1. The van der Waals surface area contributed by atoms with Crippen LogP contribution in [0.3, 0.4) is 0 Å². The van der Waals surface area contributed by atoms with E-state index >= 15 is 0 Å². The first-order valence-corrected chi connectivity index (χ1v) is 12.0. The lowest BCUT2D eigenvalue weighted by molar-refractivity contribution is -0.149. The highest BCUT2D eigenvalue weighted by atomic mass is 16.5. The number of rotatable bonds is 7. The summed E-state index contributed by atoms with van der Waals surface area (Å²) >= 11 is 0. The molecular formula is C25H40N4O2. The van der Waals surface area contributed by atoms with Crippen molar-refractivity contribution in [3.05, 3.63) is 35.4 Å². The Balaban J connectivity index is 1.33. The molecule has 3 rings (SSSR count). The van der Waals surface area contributed by atoms with Gasteiger partial charge in [0.05, 0.1) is 12.5 Å². The summed E-state index contributed by atoms with van der Waals surface area (Å²) < 4.78 is 5.17. The van der Waals surface area contributed by atoms with E-state index in [2.05, 4.69) is 51.7 Å². The maximum Gasteiger partial charge on any atom is 0.308 e. The summed E-state index contributed by atoms with van der Waals surface area (Å²) in [6.45, 7) is 8.81. The number of ether oxygens (including phenoxy) is 1. The fraction of sp³-hybridized carbons (Fsp3) is 0.680. The van der Waals surface area contributed by atoms with Crippen LogP contribution in [0.2, 0.25) is 0 Å². The quantitative estimate of drug-likeness (QED) is 0.395. The Morgan fingerprint density at radius 3 is 2.39 bits per heavy atom. The van der Waals surface area contributed by atoms with E-state index in [1.807, 2.05) is 14.0 Å². The molecule has 2 fully saturated rings. The molecule has 1 aromatic carbocycles. The Morgan fingerprint density at radius 2 is 1.77 bits per heavy atom. The number of nitrogens with one attached hydrogen (secondary N) is 2. The van der Waals surface area contributed by atoms with Crippen molar-refractivity contribution in [2.75, 3.05) is 33.3 Å². The van der Waals surface area contributed by atoms with E-state index < -0.39 is 0 Å². The Labute approximate surface area is 187 Å². The monoisotopic (exact) mass is 428 g/mol. The number of piperidine rings is 1. The van der Waals surface area contributed by atoms with Crippen LogP contribution in [0.5, 0.6) is 0 Å². The van der Waals surface area contributed by atoms with Gasteiger partial charge in [-0.2, -0.15) is 0 Å². The van der Waals surface area contributed by atoms with Gasteiger partial charge in [0.15, 0.2) is 5.96 Å². The standard InChI is InChI=1S/C25H40N4O2/c1-4-31-24(30)22-9-11-23(12-10-22)28-25(26-3)27-17-20-13-15-29(16-14-20)18-21-7-5-19(2)6-8-21/h5-8,20,22-23H,4,9-18H2,1-3H3,(H2,26,27,28). The number of likely N-dealkylation sites (tertiary alicyclic amines) is 1. The van der Waals surface area contributed by atoms with E-state index in [-0.39, 0.29) is 11.9 Å². The normalized spacial score (nSPS) is 23.4. The molecule has 1 heterocycles. The predicted octanol–water partition coefficient (Wildman–Crippen LogP) is 3.49. The number of esters is 1. The Bertz CT molecular complexity index is 703. The van der Waals surface area contributed by atoms with Crippen LogP contribution in [0.25, 0.3) is 0 Å². The summed E-state index contributed by atoms with van der Waals surface area (Å²) in [5, 5.41) is 7.10. The third kappa shape index (κ3) is 7.53. The van der Waals surface area contributed by atoms with Gasteiger partial charge in [-0.05, 0) is 76.9 Å². The van der Waals surface area contributed by atoms with Crippen molar-refractivity contribution in [3.8, 4) is 0 Å². The number of hydrogen-bond acceptors (Lipinski definition) is 4. The molecule has 2 N–H and O–H groups in total. The van der Waals surface area contributed by atoms with E-state index in [4.69, 9.17) is 4.74 Å². The lowest BCUT2D eigenvalue weighted by Gasteiger charge is -2.33. The number of aryl methyl sites for hydroxylation is 1. The van der Waals surface area contributed by atoms with Crippen LogP contribution in [-0.2, 0) is 16.1 Å². The lowest BCUT2D eigenvalue weighted by Crippen LogP contribution is -2.47. The second kappa shape index (κ2) is 12.1. The second-order valence-corrected chi connectivity index (χ2v) is 9.10. The number of aliphatic imine (C=N–C) groups is 1. The minimum absolute atomic E-state index is 0.0304. The van der Waals surface area contributed by atoms with Gasteiger partial charge in [-0.1, -0.05) is 29.8 Å². The molecule has 0 aromatic heterocycles. The fourth-order valence-corrected chi connectivity index (χ4v) is 4.66. The van der Waals surface area contributed by atoms with Crippen LogP contribution in [0.4, 0.5) is 0 Å². The molecule has 2 aliphatic rings. The summed E-state index contributed by atoms with van der Waals surface area (Å²) in [5.74, 6) is 1.62. The molecule has 0 bridgehead atoms. The average molecular weight is 429 g/mol. The molecule has 1 saturated carbocycles. The van der Waals surface area contributed by atoms with Crippen LogP contribution in [0.15, 0.2) is 29.3 Å². The third-order valence-corrected chi connectivity index (χ3v) is 6.70. The van der Waals surface area contributed by atoms with Crippen molar-refractivity contribution in [3.63, 3.8) is 0 Å². The van der Waals surface area contributed by atoms with E-state index in [0.717, 1.165) is 57.8 Å². The summed E-state index contributed by atoms with van der Waals surface area (Å²) in [6, 6.07) is 9.28. The van der Waals surface area contributed by atoms with Gasteiger partial charge in [0.1, 0.15) is 0 Å². The first-order chi connectivity index (χ1) is 15.1. The molecule has 1 aliphatic carbocycles. The number of nitrogens with zero attached hydrogens (tertiary/aromatic N) is 2. The van der Waals surface area contributed by atoms with Crippen LogP contribution in [0, 0.1) is 18.8 Å². The molecule has 1 aliphatic heterocycles. The van der Waals surface area contributed by atoms with Gasteiger partial charge < -0.3 is 15.4 Å². The largest absolute Gasteiger partial charge is 0.466 e. The molecule has 0 unspecified atom stereocenters. The highest BCUT2D eigenvalue weighted by molar-refractivity contribution is 5.80. The van der Waals surface area contributed by atoms with Gasteiger partial charge in [0.2, 0.25) is 0 Å². The minimum Gasteiger partial charge on any atom is -0.466 e. The van der Waals surface area contributed by atoms with Gasteiger partial charge in [-0.25, -0.2) is 0 Å². The molecule has 172 valence electrons. The van der Waals surface area contributed by atoms with Crippen molar-refractivity contribution >= 4 is 11.9 Å². The molecule has 31 heavy (non-hydrogen) atoms. The highest BCUT2D eigenvalue weighted by Gasteiger charge is 2.27. The van der Waals surface area contributed by atoms with Crippen molar-refractivity contribution in [1.29, 1.82) is 0 Å². The SMILES string of the molecule is CCOC(=O)C1CCC(NC(=NC)NCC2CCN(Cc3ccc(C)cc3)CC2)CC1. The van der Waals surface area contributed by atoms with Gasteiger partial charge in [-0.3, -0.25) is 14.7 Å². The minimum atomic E-state index is -0.0304. The van der Waals surface area contributed by atoms with Crippen LogP contribution in [-0.4, -0.2) is 56.2 Å². The molecule has 1 aromatic rings. The summed E-state index contributed by atoms with van der Waals surface area (Å²) in [5.41, 5.74) is 2.73. The molecule has 1 saturated heterocycles. The van der Waals surface area contributed by atoms with Gasteiger partial charge in [0.25, 0.3) is 0 Å². The van der Waals surface area contributed by atoms with Crippen LogP contribution in [0.1, 0.15) is 56.6 Å². The fourth-order valence-electron chi connectivity index (χ4n) is 4.66. The summed E-state index contributed by atoms with van der Waals surface area (Å²) in [7, 11) is 1.84. The van der Waals surface area contributed by atoms with Gasteiger partial charge in [0, 0.05) is 26.2 Å². The van der Waals surface area contributed by atoms with E-state index in [9.17, 15) is 4.79 Å². The molecule has 0 spiro atoms. The van der Waals surface area contributed by atoms with Gasteiger partial charge in [-0.15, -0.1) is 0 Å². The maximum atomic E-state index is 11.9.